The molecule has 3 amide bonds. The zero-order valence-electron chi connectivity index (χ0n) is 18.2. The van der Waals surface area contributed by atoms with E-state index in [1.165, 1.54) is 0 Å². The fraction of sp³-hybridized carbons (Fsp3) is 0.542. The van der Waals surface area contributed by atoms with Crippen LogP contribution in [0.15, 0.2) is 28.8 Å². The summed E-state index contributed by atoms with van der Waals surface area (Å²) in [5, 5.41) is 0. The smallest absolute Gasteiger partial charge is 0.285 e. The van der Waals surface area contributed by atoms with Crippen molar-refractivity contribution < 1.29 is 27.6 Å². The minimum absolute atomic E-state index is 0.0386. The number of benzene rings is 1. The molecule has 0 aromatic heterocycles. The summed E-state index contributed by atoms with van der Waals surface area (Å²) >= 11 is 3.38. The molecule has 33 heavy (non-hydrogen) atoms. The summed E-state index contributed by atoms with van der Waals surface area (Å²) < 4.78 is 41.8. The lowest BCUT2D eigenvalue weighted by Gasteiger charge is -2.37. The molecular formula is C24H24BrF3N2O3. The van der Waals surface area contributed by atoms with Gasteiger partial charge >= 0.3 is 12.1 Å². The van der Waals surface area contributed by atoms with Crippen LogP contribution in [0, 0.1) is 35.5 Å². The van der Waals surface area contributed by atoms with Gasteiger partial charge in [-0.1, -0.05) is 41.9 Å². The van der Waals surface area contributed by atoms with E-state index in [2.05, 4.69) is 15.9 Å². The van der Waals surface area contributed by atoms with Gasteiger partial charge in [0, 0.05) is 4.47 Å². The van der Waals surface area contributed by atoms with Gasteiger partial charge in [0.05, 0.1) is 17.5 Å². The number of hydrogen-bond acceptors (Lipinski definition) is 3. The summed E-state index contributed by atoms with van der Waals surface area (Å²) in [4.78, 5) is 40.8. The lowest BCUT2D eigenvalue weighted by Crippen LogP contribution is -2.50. The van der Waals surface area contributed by atoms with Gasteiger partial charge < -0.3 is 0 Å². The zero-order chi connectivity index (χ0) is 23.8. The Labute approximate surface area is 198 Å². The average Bonchev–Trinajstić information content (AvgIpc) is 3.56. The van der Waals surface area contributed by atoms with Crippen molar-refractivity contribution in [2.45, 2.75) is 39.3 Å². The number of aryl methyl sites for hydroxylation is 2. The number of carbonyl (C=O) groups is 3. The molecule has 5 nitrogen and oxygen atoms in total. The molecule has 2 saturated carbocycles. The van der Waals surface area contributed by atoms with Crippen LogP contribution in [-0.2, 0) is 27.2 Å². The lowest BCUT2D eigenvalue weighted by atomic mass is 9.63. The van der Waals surface area contributed by atoms with Crippen LogP contribution in [0.1, 0.15) is 31.4 Å². The van der Waals surface area contributed by atoms with Crippen molar-refractivity contribution in [3.63, 3.8) is 0 Å². The second kappa shape index (κ2) is 7.68. The molecule has 6 unspecified atom stereocenters. The van der Waals surface area contributed by atoms with Crippen molar-refractivity contribution in [1.82, 2.24) is 4.90 Å². The highest BCUT2D eigenvalue weighted by Crippen LogP contribution is 2.65. The van der Waals surface area contributed by atoms with E-state index in [1.54, 1.807) is 26.0 Å². The van der Waals surface area contributed by atoms with E-state index >= 15 is 0 Å². The van der Waals surface area contributed by atoms with Crippen LogP contribution in [0.2, 0.25) is 0 Å². The molecular weight excluding hydrogens is 501 g/mol. The molecule has 176 valence electrons. The molecule has 0 spiro atoms. The van der Waals surface area contributed by atoms with Crippen LogP contribution in [-0.4, -0.2) is 35.5 Å². The fourth-order valence-corrected chi connectivity index (χ4v) is 6.84. The Bertz CT molecular complexity index is 1020. The van der Waals surface area contributed by atoms with Gasteiger partial charge in [-0.2, -0.15) is 13.2 Å². The van der Waals surface area contributed by atoms with Crippen LogP contribution < -0.4 is 4.90 Å². The van der Waals surface area contributed by atoms with Crippen molar-refractivity contribution in [1.29, 1.82) is 0 Å². The van der Waals surface area contributed by atoms with Gasteiger partial charge in [0.25, 0.3) is 0 Å². The van der Waals surface area contributed by atoms with Crippen LogP contribution in [0.4, 0.5) is 18.9 Å². The SMILES string of the molecule is CCc1cc(Br)cc(CC)c1N(CN1C(=O)C2C3C=CC(C4CC34)C2C1=O)C(=O)C(F)(F)F. The maximum absolute atomic E-state index is 13.7. The summed E-state index contributed by atoms with van der Waals surface area (Å²) in [6, 6.07) is 3.35. The zero-order valence-corrected chi connectivity index (χ0v) is 19.8. The first-order valence-corrected chi connectivity index (χ1v) is 12.1. The van der Waals surface area contributed by atoms with Crippen molar-refractivity contribution in [2.75, 3.05) is 11.6 Å². The number of likely N-dealkylation sites (tertiary alicyclic amines) is 1. The molecule has 6 rings (SSSR count). The summed E-state index contributed by atoms with van der Waals surface area (Å²) in [6.45, 7) is 2.86. The average molecular weight is 525 g/mol. The van der Waals surface area contributed by atoms with Crippen LogP contribution in [0.5, 0.6) is 0 Å². The molecule has 4 aliphatic carbocycles. The third-order valence-corrected chi connectivity index (χ3v) is 8.25. The number of rotatable bonds is 5. The molecule has 9 heteroatoms. The topological polar surface area (TPSA) is 57.7 Å². The number of allylic oxidation sites excluding steroid dienone is 2. The van der Waals surface area contributed by atoms with Crippen LogP contribution in [0.25, 0.3) is 0 Å². The van der Waals surface area contributed by atoms with E-state index in [4.69, 9.17) is 0 Å². The van der Waals surface area contributed by atoms with Crippen molar-refractivity contribution >= 4 is 39.3 Å². The summed E-state index contributed by atoms with van der Waals surface area (Å²) in [5.74, 6) is -3.35. The van der Waals surface area contributed by atoms with Crippen molar-refractivity contribution in [2.24, 2.45) is 35.5 Å². The van der Waals surface area contributed by atoms with E-state index < -0.39 is 42.4 Å². The number of alkyl halides is 3. The van der Waals surface area contributed by atoms with Crippen molar-refractivity contribution in [3.05, 3.63) is 39.9 Å². The van der Waals surface area contributed by atoms with E-state index in [-0.39, 0.29) is 17.5 Å². The van der Waals surface area contributed by atoms with E-state index in [0.29, 0.717) is 45.2 Å². The predicted octanol–water partition coefficient (Wildman–Crippen LogP) is 4.48. The van der Waals surface area contributed by atoms with E-state index in [0.717, 1.165) is 11.3 Å². The molecule has 1 saturated heterocycles. The Morgan fingerprint density at radius 2 is 1.52 bits per heavy atom. The molecule has 1 aromatic carbocycles. The maximum Gasteiger partial charge on any atom is 0.471 e. The number of carbonyl (C=O) groups excluding carboxylic acids is 3. The normalized spacial score (nSPS) is 31.6. The van der Waals surface area contributed by atoms with Gasteiger partial charge in [0.2, 0.25) is 11.8 Å². The van der Waals surface area contributed by atoms with Crippen LogP contribution in [0.3, 0.4) is 0 Å². The largest absolute Gasteiger partial charge is 0.471 e. The molecule has 0 N–H and O–H groups in total. The van der Waals surface area contributed by atoms with Gasteiger partial charge in [-0.25, -0.2) is 0 Å². The number of anilines is 1. The Morgan fingerprint density at radius 1 is 1.03 bits per heavy atom. The van der Waals surface area contributed by atoms with E-state index in [1.807, 2.05) is 12.2 Å². The van der Waals surface area contributed by atoms with E-state index in [9.17, 15) is 27.6 Å². The van der Waals surface area contributed by atoms with Gasteiger partial charge in [-0.3, -0.25) is 24.2 Å². The molecule has 1 aromatic rings. The first-order chi connectivity index (χ1) is 15.6. The number of halogens is 4. The first kappa shape index (κ1) is 22.6. The Kier molecular flexibility index (Phi) is 5.27. The number of nitrogens with zero attached hydrogens (tertiary/aromatic N) is 2. The van der Waals surface area contributed by atoms with Gasteiger partial charge in [0.1, 0.15) is 6.67 Å². The molecule has 1 aliphatic heterocycles. The second-order valence-electron chi connectivity index (χ2n) is 9.41. The summed E-state index contributed by atoms with van der Waals surface area (Å²) in [6.07, 6.45) is 0.623. The molecule has 1 heterocycles. The minimum Gasteiger partial charge on any atom is -0.285 e. The Morgan fingerprint density at radius 3 is 1.94 bits per heavy atom. The quantitative estimate of drug-likeness (QED) is 0.421. The number of hydrogen-bond donors (Lipinski definition) is 0. The lowest BCUT2D eigenvalue weighted by molar-refractivity contribution is -0.171. The molecule has 3 fully saturated rings. The highest BCUT2D eigenvalue weighted by Gasteiger charge is 2.67. The van der Waals surface area contributed by atoms with Gasteiger partial charge in [-0.15, -0.1) is 0 Å². The third-order valence-electron chi connectivity index (χ3n) is 7.79. The fourth-order valence-electron chi connectivity index (χ4n) is 6.29. The standard InChI is InChI=1S/C24H24BrF3N2O3/c1-3-11-7-13(25)8-12(4-2)20(11)29(23(33)24(26,27)28)10-30-21(31)18-14-5-6-15(17-9-16(14)17)19(18)22(30)32/h5-8,14-19H,3-4,9-10H2,1-2H3. The highest BCUT2D eigenvalue weighted by atomic mass is 79.9. The molecule has 0 radical (unpaired) electrons. The van der Waals surface area contributed by atoms with Gasteiger partial charge in [0.15, 0.2) is 0 Å². The van der Waals surface area contributed by atoms with Crippen molar-refractivity contribution in [3.8, 4) is 0 Å². The maximum atomic E-state index is 13.7. The number of imide groups is 1. The Balaban J connectivity index is 1.55. The summed E-state index contributed by atoms with van der Waals surface area (Å²) in [5.41, 5.74) is 1.21. The highest BCUT2D eigenvalue weighted by molar-refractivity contribution is 9.10. The second-order valence-corrected chi connectivity index (χ2v) is 10.3. The molecule has 5 aliphatic rings. The molecule has 6 atom stereocenters. The minimum atomic E-state index is -5.15. The van der Waals surface area contributed by atoms with Gasteiger partial charge in [-0.05, 0) is 66.2 Å². The number of amides is 3. The molecule has 2 bridgehead atoms. The monoisotopic (exact) mass is 524 g/mol. The third kappa shape index (κ3) is 3.37. The van der Waals surface area contributed by atoms with Crippen LogP contribution >= 0.6 is 15.9 Å². The Hall–Kier alpha value is -2.16. The first-order valence-electron chi connectivity index (χ1n) is 11.3. The predicted molar refractivity (Wildman–Crippen MR) is 118 cm³/mol. The summed E-state index contributed by atoms with van der Waals surface area (Å²) in [7, 11) is 0.